The SMILES string of the molecule is COC1=C(OCCCCC(=O)N2CCCC3(CC2)COC3)CC=c2nccc(O/C3=C/C=C(/NC(=O)NC4=CC(C)=CC=C(F)C4)CC(Cl)C=C3)c2=C1. The Bertz CT molecular complexity index is 1910. The smallest absolute Gasteiger partial charge is 0.323 e. The van der Waals surface area contributed by atoms with Gasteiger partial charge in [0.25, 0.3) is 0 Å². The van der Waals surface area contributed by atoms with Crippen molar-refractivity contribution < 1.29 is 32.9 Å². The Morgan fingerprint density at radius 3 is 2.75 bits per heavy atom. The van der Waals surface area contributed by atoms with Gasteiger partial charge in [0.2, 0.25) is 5.91 Å². The summed E-state index contributed by atoms with van der Waals surface area (Å²) in [6, 6.07) is 1.28. The number of alkyl halides is 1. The molecule has 1 spiro atoms. The first-order valence-corrected chi connectivity index (χ1v) is 18.8. The van der Waals surface area contributed by atoms with Crippen LogP contribution in [0.15, 0.2) is 94.9 Å². The standard InChI is InChI=1S/C41H48ClFN4O6/c1-28-7-9-30(43)24-32(22-28)46-40(49)45-31-10-12-33(11-8-29(42)23-31)53-36-15-18-44-35-13-14-37(38(50-2)25-34(35)36)52-21-4-3-6-39(48)47-19-5-16-41(17-20-47)26-51-27-41/h7-13,15,18,22,25,29H,3-6,14,16-17,19-21,23-24,26-27H2,1-2H3,(H2,45,46,49)/b11-8?,31-10+,33-12+. The average molecular weight is 747 g/mol. The summed E-state index contributed by atoms with van der Waals surface area (Å²) in [6.07, 6.45) is 23.5. The monoisotopic (exact) mass is 746 g/mol. The van der Waals surface area contributed by atoms with Gasteiger partial charge in [-0.25, -0.2) is 9.18 Å². The summed E-state index contributed by atoms with van der Waals surface area (Å²) in [7, 11) is 1.60. The summed E-state index contributed by atoms with van der Waals surface area (Å²) < 4.78 is 37.8. The number of methoxy groups -OCH3 is 1. The van der Waals surface area contributed by atoms with Gasteiger partial charge in [-0.15, -0.1) is 11.6 Å². The van der Waals surface area contributed by atoms with E-state index in [2.05, 4.69) is 15.6 Å². The van der Waals surface area contributed by atoms with Crippen molar-refractivity contribution in [2.45, 2.75) is 70.1 Å². The number of nitrogens with one attached hydrogen (secondary N) is 2. The van der Waals surface area contributed by atoms with Crippen LogP contribution in [0.3, 0.4) is 0 Å². The number of urea groups is 1. The molecule has 0 bridgehead atoms. The molecule has 1 atom stereocenters. The summed E-state index contributed by atoms with van der Waals surface area (Å²) in [5, 5.41) is 6.61. The molecule has 12 heteroatoms. The normalized spacial score (nSPS) is 23.1. The molecule has 282 valence electrons. The molecule has 1 aromatic rings. The number of halogens is 2. The molecule has 53 heavy (non-hydrogen) atoms. The number of ether oxygens (including phenoxy) is 4. The Hall–Kier alpha value is -4.61. The predicted molar refractivity (Wildman–Crippen MR) is 202 cm³/mol. The fourth-order valence-electron chi connectivity index (χ4n) is 6.90. The minimum atomic E-state index is -0.491. The van der Waals surface area contributed by atoms with Gasteiger partial charge in [0, 0.05) is 67.0 Å². The number of nitrogens with zero attached hydrogens (tertiary/aromatic N) is 2. The minimum Gasteiger partial charge on any atom is -0.494 e. The van der Waals surface area contributed by atoms with E-state index in [1.54, 1.807) is 55.8 Å². The third-order valence-corrected chi connectivity index (χ3v) is 10.2. The zero-order chi connectivity index (χ0) is 37.2. The number of unbranched alkanes of at least 4 members (excludes halogenated alkanes) is 1. The fourth-order valence-corrected chi connectivity index (χ4v) is 7.14. The first kappa shape index (κ1) is 38.1. The topological polar surface area (TPSA) is 111 Å². The molecule has 0 aromatic carbocycles. The molecule has 2 aliphatic heterocycles. The maximum absolute atomic E-state index is 14.0. The van der Waals surface area contributed by atoms with Gasteiger partial charge in [-0.2, -0.15) is 0 Å². The van der Waals surface area contributed by atoms with E-state index in [0.29, 0.717) is 65.7 Å². The number of carbonyl (C=O) groups excluding carboxylic acids is 2. The summed E-state index contributed by atoms with van der Waals surface area (Å²) in [5.41, 5.74) is 2.15. The number of fused-ring (bicyclic) bond motifs is 1. The lowest BCUT2D eigenvalue weighted by atomic mass is 9.79. The molecule has 2 saturated heterocycles. The summed E-state index contributed by atoms with van der Waals surface area (Å²) in [4.78, 5) is 32.4. The number of rotatable bonds is 11. The van der Waals surface area contributed by atoms with Crippen molar-refractivity contribution in [2.24, 2.45) is 5.41 Å². The Morgan fingerprint density at radius 1 is 1.09 bits per heavy atom. The molecular formula is C41H48ClFN4O6. The van der Waals surface area contributed by atoms with Gasteiger partial charge in [-0.3, -0.25) is 9.78 Å². The van der Waals surface area contributed by atoms with Crippen LogP contribution < -0.4 is 25.9 Å². The highest BCUT2D eigenvalue weighted by atomic mass is 35.5. The molecule has 0 saturated carbocycles. The van der Waals surface area contributed by atoms with Gasteiger partial charge in [-0.05, 0) is 87.1 Å². The second-order valence-corrected chi connectivity index (χ2v) is 14.6. The van der Waals surface area contributed by atoms with E-state index in [9.17, 15) is 14.0 Å². The second-order valence-electron chi connectivity index (χ2n) is 14.1. The van der Waals surface area contributed by atoms with Crippen LogP contribution in [0, 0.1) is 5.41 Å². The molecule has 1 unspecified atom stereocenters. The van der Waals surface area contributed by atoms with Gasteiger partial charge >= 0.3 is 6.03 Å². The number of hydrogen-bond acceptors (Lipinski definition) is 7. The van der Waals surface area contributed by atoms with E-state index in [4.69, 9.17) is 30.5 Å². The Labute approximate surface area is 315 Å². The van der Waals surface area contributed by atoms with Gasteiger partial charge < -0.3 is 34.5 Å². The van der Waals surface area contributed by atoms with Crippen molar-refractivity contribution in [3.8, 4) is 5.75 Å². The third-order valence-electron chi connectivity index (χ3n) is 9.91. The lowest BCUT2D eigenvalue weighted by Gasteiger charge is -2.40. The molecule has 1 aromatic heterocycles. The van der Waals surface area contributed by atoms with Gasteiger partial charge in [0.05, 0.1) is 37.7 Å². The van der Waals surface area contributed by atoms with Crippen LogP contribution >= 0.6 is 11.6 Å². The molecule has 5 aliphatic rings. The predicted octanol–water partition coefficient (Wildman–Crippen LogP) is 6.22. The maximum atomic E-state index is 14.0. The molecule has 3 amide bonds. The average Bonchev–Trinajstić information content (AvgIpc) is 3.53. The van der Waals surface area contributed by atoms with Gasteiger partial charge in [0.1, 0.15) is 23.1 Å². The number of amides is 3. The van der Waals surface area contributed by atoms with Crippen molar-refractivity contribution in [1.82, 2.24) is 20.5 Å². The van der Waals surface area contributed by atoms with Crippen molar-refractivity contribution in [3.05, 3.63) is 105 Å². The van der Waals surface area contributed by atoms with E-state index in [0.717, 1.165) is 74.5 Å². The minimum absolute atomic E-state index is 0.00385. The number of likely N-dealkylation sites (tertiary alicyclic amines) is 1. The van der Waals surface area contributed by atoms with E-state index in [1.165, 1.54) is 6.08 Å². The molecule has 0 radical (unpaired) electrons. The molecule has 2 N–H and O–H groups in total. The number of hydrogen-bond donors (Lipinski definition) is 2. The van der Waals surface area contributed by atoms with Crippen molar-refractivity contribution in [2.75, 3.05) is 40.0 Å². The molecule has 6 rings (SSSR count). The maximum Gasteiger partial charge on any atom is 0.323 e. The number of pyridine rings is 1. The number of carbonyl (C=O) groups is 2. The van der Waals surface area contributed by atoms with Crippen LogP contribution in [-0.2, 0) is 19.0 Å². The first-order valence-electron chi connectivity index (χ1n) is 18.3. The van der Waals surface area contributed by atoms with Crippen LogP contribution in [0.1, 0.15) is 64.7 Å². The van der Waals surface area contributed by atoms with Crippen LogP contribution in [0.2, 0.25) is 0 Å². The van der Waals surface area contributed by atoms with Crippen molar-refractivity contribution >= 4 is 35.7 Å². The quantitative estimate of drug-likeness (QED) is 0.204. The molecule has 3 heterocycles. The Kier molecular flexibility index (Phi) is 12.9. The van der Waals surface area contributed by atoms with E-state index in [1.807, 2.05) is 24.0 Å². The molecule has 3 aliphatic carbocycles. The number of allylic oxidation sites excluding steroid dienone is 12. The van der Waals surface area contributed by atoms with Crippen LogP contribution in [-0.4, -0.2) is 67.2 Å². The van der Waals surface area contributed by atoms with E-state index in [-0.39, 0.29) is 18.2 Å². The van der Waals surface area contributed by atoms with E-state index >= 15 is 0 Å². The summed E-state index contributed by atoms with van der Waals surface area (Å²) >= 11 is 6.58. The van der Waals surface area contributed by atoms with Gasteiger partial charge in [-0.1, -0.05) is 18.2 Å². The highest BCUT2D eigenvalue weighted by molar-refractivity contribution is 6.22. The Morgan fingerprint density at radius 2 is 1.94 bits per heavy atom. The highest BCUT2D eigenvalue weighted by Gasteiger charge is 2.40. The third kappa shape index (κ3) is 10.5. The first-order chi connectivity index (χ1) is 25.7. The van der Waals surface area contributed by atoms with Crippen molar-refractivity contribution in [3.63, 3.8) is 0 Å². The zero-order valence-electron chi connectivity index (χ0n) is 30.4. The summed E-state index contributed by atoms with van der Waals surface area (Å²) in [6.45, 7) is 5.63. The Balaban J connectivity index is 1.07. The molecule has 10 nitrogen and oxygen atoms in total. The number of aromatic nitrogens is 1. The lowest BCUT2D eigenvalue weighted by Crippen LogP contribution is -2.43. The van der Waals surface area contributed by atoms with Crippen LogP contribution in [0.25, 0.3) is 12.2 Å². The lowest BCUT2D eigenvalue weighted by molar-refractivity contribution is -0.133. The molecule has 2 fully saturated rings. The van der Waals surface area contributed by atoms with Crippen molar-refractivity contribution in [1.29, 1.82) is 0 Å². The second kappa shape index (κ2) is 17.9. The molecular weight excluding hydrogens is 699 g/mol. The zero-order valence-corrected chi connectivity index (χ0v) is 31.2. The van der Waals surface area contributed by atoms with Crippen LogP contribution in [0.5, 0.6) is 5.75 Å². The van der Waals surface area contributed by atoms with E-state index < -0.39 is 11.4 Å². The largest absolute Gasteiger partial charge is 0.494 e. The highest BCUT2D eigenvalue weighted by Crippen LogP contribution is 2.38. The van der Waals surface area contributed by atoms with Crippen LogP contribution in [0.4, 0.5) is 9.18 Å². The summed E-state index contributed by atoms with van der Waals surface area (Å²) in [5.74, 6) is 2.17. The van der Waals surface area contributed by atoms with Gasteiger partial charge in [0.15, 0.2) is 5.76 Å². The fraction of sp³-hybridized carbons (Fsp3) is 0.439.